The van der Waals surface area contributed by atoms with Gasteiger partial charge in [-0.15, -0.1) is 0 Å². The molecule has 1 amide bonds. The molecule has 0 saturated carbocycles. The highest BCUT2D eigenvalue weighted by atomic mass is 16.5. The van der Waals surface area contributed by atoms with E-state index in [0.717, 1.165) is 16.7 Å². The molecule has 0 bridgehead atoms. The fourth-order valence-electron chi connectivity index (χ4n) is 2.27. The molecule has 0 radical (unpaired) electrons. The van der Waals surface area contributed by atoms with E-state index in [2.05, 4.69) is 11.4 Å². The molecule has 0 aliphatic rings. The lowest BCUT2D eigenvalue weighted by Gasteiger charge is -2.14. The monoisotopic (exact) mass is 294 g/mol. The van der Waals surface area contributed by atoms with Crippen molar-refractivity contribution in [3.05, 3.63) is 65.2 Å². The van der Waals surface area contributed by atoms with Crippen LogP contribution in [-0.4, -0.2) is 13.0 Å². The van der Waals surface area contributed by atoms with Gasteiger partial charge in [-0.3, -0.25) is 4.79 Å². The number of ether oxygens (including phenoxy) is 1. The van der Waals surface area contributed by atoms with Gasteiger partial charge in [0.25, 0.3) is 0 Å². The van der Waals surface area contributed by atoms with Crippen LogP contribution in [0.25, 0.3) is 0 Å². The van der Waals surface area contributed by atoms with Crippen molar-refractivity contribution in [3.8, 4) is 11.8 Å². The minimum absolute atomic E-state index is 0.192. The molecule has 0 aliphatic carbocycles. The van der Waals surface area contributed by atoms with Gasteiger partial charge in [0.1, 0.15) is 11.8 Å². The summed E-state index contributed by atoms with van der Waals surface area (Å²) in [5, 5.41) is 12.1. The number of carbonyl (C=O) groups is 1. The molecule has 2 aromatic rings. The Balaban J connectivity index is 2.07. The van der Waals surface area contributed by atoms with E-state index < -0.39 is 6.04 Å². The molecule has 0 fully saturated rings. The van der Waals surface area contributed by atoms with Gasteiger partial charge in [0.2, 0.25) is 5.91 Å². The second-order valence-electron chi connectivity index (χ2n) is 5.01. The largest absolute Gasteiger partial charge is 0.497 e. The van der Waals surface area contributed by atoms with Gasteiger partial charge in [-0.1, -0.05) is 36.4 Å². The van der Waals surface area contributed by atoms with Gasteiger partial charge in [0, 0.05) is 0 Å². The Morgan fingerprint density at radius 1 is 1.27 bits per heavy atom. The van der Waals surface area contributed by atoms with Crippen molar-refractivity contribution in [2.45, 2.75) is 19.4 Å². The number of rotatable bonds is 5. The van der Waals surface area contributed by atoms with Crippen LogP contribution in [0.2, 0.25) is 0 Å². The number of amides is 1. The average molecular weight is 294 g/mol. The molecular formula is C18H18N2O2. The minimum Gasteiger partial charge on any atom is -0.497 e. The first-order valence-corrected chi connectivity index (χ1v) is 7.01. The van der Waals surface area contributed by atoms with Crippen molar-refractivity contribution in [2.75, 3.05) is 7.11 Å². The standard InChI is InChI=1S/C18H18N2O2/c1-13-6-3-4-9-16(13)17(12-19)20-18(21)11-14-7-5-8-15(10-14)22-2/h3-10,17H,11H2,1-2H3,(H,20,21)/t17-/m1/s1. The molecule has 0 saturated heterocycles. The van der Waals surface area contributed by atoms with E-state index in [1.54, 1.807) is 7.11 Å². The maximum Gasteiger partial charge on any atom is 0.225 e. The lowest BCUT2D eigenvalue weighted by molar-refractivity contribution is -0.120. The summed E-state index contributed by atoms with van der Waals surface area (Å²) in [5.74, 6) is 0.518. The number of hydrogen-bond donors (Lipinski definition) is 1. The van der Waals surface area contributed by atoms with Crippen LogP contribution in [0.4, 0.5) is 0 Å². The van der Waals surface area contributed by atoms with Crippen molar-refractivity contribution < 1.29 is 9.53 Å². The summed E-state index contributed by atoms with van der Waals surface area (Å²) < 4.78 is 5.14. The molecular weight excluding hydrogens is 276 g/mol. The van der Waals surface area contributed by atoms with E-state index >= 15 is 0 Å². The Morgan fingerprint density at radius 3 is 2.73 bits per heavy atom. The normalized spacial score (nSPS) is 11.3. The quantitative estimate of drug-likeness (QED) is 0.922. The molecule has 0 aliphatic heterocycles. The van der Waals surface area contributed by atoms with Crippen LogP contribution in [0.3, 0.4) is 0 Å². The highest BCUT2D eigenvalue weighted by Gasteiger charge is 2.15. The van der Waals surface area contributed by atoms with Crippen molar-refractivity contribution in [1.82, 2.24) is 5.32 Å². The van der Waals surface area contributed by atoms with Crippen LogP contribution in [0.15, 0.2) is 48.5 Å². The van der Waals surface area contributed by atoms with Gasteiger partial charge in [0.15, 0.2) is 0 Å². The SMILES string of the molecule is COc1cccc(CC(=O)N[C@H](C#N)c2ccccc2C)c1. The van der Waals surface area contributed by atoms with Gasteiger partial charge >= 0.3 is 0 Å². The molecule has 22 heavy (non-hydrogen) atoms. The second-order valence-corrected chi connectivity index (χ2v) is 5.01. The van der Waals surface area contributed by atoms with Crippen LogP contribution >= 0.6 is 0 Å². The maximum atomic E-state index is 12.2. The molecule has 4 heteroatoms. The molecule has 0 aromatic heterocycles. The van der Waals surface area contributed by atoms with Crippen molar-refractivity contribution in [2.24, 2.45) is 0 Å². The van der Waals surface area contributed by atoms with Crippen molar-refractivity contribution in [1.29, 1.82) is 5.26 Å². The first kappa shape index (κ1) is 15.6. The molecule has 4 nitrogen and oxygen atoms in total. The summed E-state index contributed by atoms with van der Waals surface area (Å²) in [7, 11) is 1.59. The molecule has 2 rings (SSSR count). The smallest absolute Gasteiger partial charge is 0.225 e. The second kappa shape index (κ2) is 7.28. The van der Waals surface area contributed by atoms with Gasteiger partial charge in [-0.25, -0.2) is 0 Å². The molecule has 112 valence electrons. The van der Waals surface area contributed by atoms with E-state index in [1.165, 1.54) is 0 Å². The summed E-state index contributed by atoms with van der Waals surface area (Å²) in [6.07, 6.45) is 0.210. The van der Waals surface area contributed by atoms with E-state index in [0.29, 0.717) is 5.75 Å². The van der Waals surface area contributed by atoms with Gasteiger partial charge in [-0.05, 0) is 35.7 Å². The molecule has 2 aromatic carbocycles. The predicted octanol–water partition coefficient (Wildman–Crippen LogP) is 2.93. The summed E-state index contributed by atoms with van der Waals surface area (Å²) in [4.78, 5) is 12.2. The number of carbonyl (C=O) groups excluding carboxylic acids is 1. The Morgan fingerprint density at radius 2 is 2.05 bits per heavy atom. The Kier molecular flexibility index (Phi) is 5.16. The number of benzene rings is 2. The lowest BCUT2D eigenvalue weighted by atomic mass is 10.0. The van der Waals surface area contributed by atoms with Crippen molar-refractivity contribution >= 4 is 5.91 Å². The third kappa shape index (κ3) is 3.86. The van der Waals surface area contributed by atoms with E-state index in [9.17, 15) is 10.1 Å². The first-order valence-electron chi connectivity index (χ1n) is 7.01. The van der Waals surface area contributed by atoms with E-state index in [-0.39, 0.29) is 12.3 Å². The topological polar surface area (TPSA) is 62.1 Å². The summed E-state index contributed by atoms with van der Waals surface area (Å²) >= 11 is 0. The Bertz CT molecular complexity index is 704. The summed E-state index contributed by atoms with van der Waals surface area (Å²) in [5.41, 5.74) is 2.65. The van der Waals surface area contributed by atoms with Gasteiger partial charge in [-0.2, -0.15) is 5.26 Å². The van der Waals surface area contributed by atoms with Crippen LogP contribution in [-0.2, 0) is 11.2 Å². The maximum absolute atomic E-state index is 12.2. The van der Waals surface area contributed by atoms with E-state index in [1.807, 2.05) is 55.5 Å². The van der Waals surface area contributed by atoms with E-state index in [4.69, 9.17) is 4.74 Å². The third-order valence-electron chi connectivity index (χ3n) is 3.43. The number of methoxy groups -OCH3 is 1. The minimum atomic E-state index is -0.640. The molecule has 0 spiro atoms. The summed E-state index contributed by atoms with van der Waals surface area (Å²) in [6.45, 7) is 1.92. The number of nitrogens with zero attached hydrogens (tertiary/aromatic N) is 1. The fraction of sp³-hybridized carbons (Fsp3) is 0.222. The molecule has 0 unspecified atom stereocenters. The number of aryl methyl sites for hydroxylation is 1. The first-order chi connectivity index (χ1) is 10.6. The van der Waals surface area contributed by atoms with Crippen LogP contribution in [0, 0.1) is 18.3 Å². The van der Waals surface area contributed by atoms with Crippen LogP contribution < -0.4 is 10.1 Å². The zero-order chi connectivity index (χ0) is 15.9. The summed E-state index contributed by atoms with van der Waals surface area (Å²) in [6, 6.07) is 16.4. The highest BCUT2D eigenvalue weighted by Crippen LogP contribution is 2.17. The number of nitrogens with one attached hydrogen (secondary N) is 1. The number of hydrogen-bond acceptors (Lipinski definition) is 3. The lowest BCUT2D eigenvalue weighted by Crippen LogP contribution is -2.29. The van der Waals surface area contributed by atoms with Gasteiger partial charge < -0.3 is 10.1 Å². The Hall–Kier alpha value is -2.80. The molecule has 1 atom stereocenters. The third-order valence-corrected chi connectivity index (χ3v) is 3.43. The van der Waals surface area contributed by atoms with Crippen molar-refractivity contribution in [3.63, 3.8) is 0 Å². The predicted molar refractivity (Wildman–Crippen MR) is 84.4 cm³/mol. The van der Waals surface area contributed by atoms with Crippen LogP contribution in [0.1, 0.15) is 22.7 Å². The Labute approximate surface area is 130 Å². The average Bonchev–Trinajstić information content (AvgIpc) is 2.53. The molecule has 1 N–H and O–H groups in total. The fourth-order valence-corrected chi connectivity index (χ4v) is 2.27. The van der Waals surface area contributed by atoms with Gasteiger partial charge in [0.05, 0.1) is 19.6 Å². The highest BCUT2D eigenvalue weighted by molar-refractivity contribution is 5.79. The van der Waals surface area contributed by atoms with Crippen LogP contribution in [0.5, 0.6) is 5.75 Å². The zero-order valence-electron chi connectivity index (χ0n) is 12.7. The zero-order valence-corrected chi connectivity index (χ0v) is 12.7. The molecule has 0 heterocycles. The number of nitriles is 1.